The number of rotatable bonds is 6. The Bertz CT molecular complexity index is 1200. The van der Waals surface area contributed by atoms with Gasteiger partial charge in [-0.1, -0.05) is 37.3 Å². The van der Waals surface area contributed by atoms with E-state index in [2.05, 4.69) is 36.1 Å². The van der Waals surface area contributed by atoms with Crippen LogP contribution < -0.4 is 4.90 Å². The first-order valence-electron chi connectivity index (χ1n) is 10.8. The number of piperidine rings is 1. The lowest BCUT2D eigenvalue weighted by Crippen LogP contribution is -2.39. The summed E-state index contributed by atoms with van der Waals surface area (Å²) in [5, 5.41) is 2.17. The van der Waals surface area contributed by atoms with Gasteiger partial charge in [0.05, 0.1) is 21.4 Å². The lowest BCUT2D eigenvalue weighted by molar-refractivity contribution is -0.137. The van der Waals surface area contributed by atoms with Crippen LogP contribution in [0.3, 0.4) is 0 Å². The third kappa shape index (κ3) is 5.41. The molecule has 1 aliphatic rings. The van der Waals surface area contributed by atoms with Crippen LogP contribution in [0.1, 0.15) is 42.1 Å². The van der Waals surface area contributed by atoms with Gasteiger partial charge in [-0.15, -0.1) is 11.3 Å². The number of nitrogens with zero attached hydrogens (tertiary/aromatic N) is 2. The molecule has 4 nitrogen and oxygen atoms in total. The first kappa shape index (κ1) is 23.8. The van der Waals surface area contributed by atoms with Gasteiger partial charge in [-0.3, -0.25) is 0 Å². The van der Waals surface area contributed by atoms with E-state index in [9.17, 15) is 21.6 Å². The number of hydrogen-bond donors (Lipinski definition) is 0. The van der Waals surface area contributed by atoms with Crippen molar-refractivity contribution in [1.82, 2.24) is 4.98 Å². The molecule has 0 bridgehead atoms. The van der Waals surface area contributed by atoms with Gasteiger partial charge in [-0.25, -0.2) is 13.4 Å². The second-order valence-corrected chi connectivity index (χ2v) is 11.3. The molecular weight excluding hydrogens is 469 g/mol. The minimum Gasteiger partial charge on any atom is -0.348 e. The summed E-state index contributed by atoms with van der Waals surface area (Å²) in [4.78, 5) is 6.53. The zero-order valence-corrected chi connectivity index (χ0v) is 19.8. The summed E-state index contributed by atoms with van der Waals surface area (Å²) in [7, 11) is -3.84. The molecule has 4 rings (SSSR count). The van der Waals surface area contributed by atoms with Crippen LogP contribution in [0.5, 0.6) is 0 Å². The van der Waals surface area contributed by atoms with Crippen LogP contribution in [0.15, 0.2) is 58.8 Å². The van der Waals surface area contributed by atoms with E-state index in [0.29, 0.717) is 25.9 Å². The quantitative estimate of drug-likeness (QED) is 0.437. The number of alkyl halides is 3. The van der Waals surface area contributed by atoms with E-state index < -0.39 is 26.8 Å². The standard InChI is InChI=1S/C24H25F3N2O2S2/c1-2-17-6-8-18(9-7-17)14-20-16-32-23(28-20)29-12-10-21(11-13-29)33(30,31)22-5-3-4-19(15-22)24(25,26)27/h3-9,15-16,21H,2,10-14H2,1H3. The summed E-state index contributed by atoms with van der Waals surface area (Å²) in [6.07, 6.45) is -2.13. The Labute approximate surface area is 196 Å². The van der Waals surface area contributed by atoms with Crippen molar-refractivity contribution < 1.29 is 21.6 Å². The van der Waals surface area contributed by atoms with Crippen molar-refractivity contribution in [3.05, 3.63) is 76.3 Å². The van der Waals surface area contributed by atoms with Gasteiger partial charge in [0, 0.05) is 24.9 Å². The van der Waals surface area contributed by atoms with E-state index in [-0.39, 0.29) is 4.90 Å². The highest BCUT2D eigenvalue weighted by atomic mass is 32.2. The SMILES string of the molecule is CCc1ccc(Cc2csc(N3CCC(S(=O)(=O)c4cccc(C(F)(F)F)c4)CC3)n2)cc1. The van der Waals surface area contributed by atoms with Crippen LogP contribution in [-0.4, -0.2) is 31.7 Å². The number of anilines is 1. The Morgan fingerprint density at radius 3 is 2.36 bits per heavy atom. The van der Waals surface area contributed by atoms with E-state index in [0.717, 1.165) is 41.9 Å². The molecular formula is C24H25F3N2O2S2. The molecule has 2 aromatic carbocycles. The first-order valence-corrected chi connectivity index (χ1v) is 13.3. The molecule has 1 fully saturated rings. The first-order chi connectivity index (χ1) is 15.7. The third-order valence-corrected chi connectivity index (χ3v) is 9.21. The average molecular weight is 495 g/mol. The van der Waals surface area contributed by atoms with Crippen LogP contribution in [-0.2, 0) is 28.9 Å². The lowest BCUT2D eigenvalue weighted by Gasteiger charge is -2.31. The Hall–Kier alpha value is -2.39. The van der Waals surface area contributed by atoms with Crippen LogP contribution in [0.4, 0.5) is 18.3 Å². The van der Waals surface area contributed by atoms with Gasteiger partial charge in [0.25, 0.3) is 0 Å². The molecule has 0 saturated carbocycles. The fourth-order valence-corrected chi connectivity index (χ4v) is 6.68. The normalized spacial score (nSPS) is 15.7. The van der Waals surface area contributed by atoms with Gasteiger partial charge >= 0.3 is 6.18 Å². The molecule has 0 radical (unpaired) electrons. The van der Waals surface area contributed by atoms with Crippen LogP contribution in [0.25, 0.3) is 0 Å². The Morgan fingerprint density at radius 1 is 1.06 bits per heavy atom. The molecule has 1 saturated heterocycles. The molecule has 176 valence electrons. The second kappa shape index (κ2) is 9.46. The number of aryl methyl sites for hydroxylation is 1. The summed E-state index contributed by atoms with van der Waals surface area (Å²) < 4.78 is 64.9. The van der Waals surface area contributed by atoms with Gasteiger partial charge in [-0.05, 0) is 48.6 Å². The summed E-state index contributed by atoms with van der Waals surface area (Å²) in [6.45, 7) is 3.12. The van der Waals surface area contributed by atoms with Crippen molar-refractivity contribution in [3.63, 3.8) is 0 Å². The van der Waals surface area contributed by atoms with Crippen molar-refractivity contribution in [2.24, 2.45) is 0 Å². The molecule has 3 aromatic rings. The summed E-state index contributed by atoms with van der Waals surface area (Å²) in [5.41, 5.74) is 2.51. The molecule has 2 heterocycles. The number of sulfone groups is 1. The molecule has 0 N–H and O–H groups in total. The minimum absolute atomic E-state index is 0.263. The van der Waals surface area contributed by atoms with Gasteiger partial charge in [0.2, 0.25) is 0 Å². The third-order valence-electron chi connectivity index (χ3n) is 6.00. The Balaban J connectivity index is 1.40. The van der Waals surface area contributed by atoms with Gasteiger partial charge in [0.15, 0.2) is 15.0 Å². The molecule has 0 amide bonds. The monoisotopic (exact) mass is 494 g/mol. The maximum absolute atomic E-state index is 13.0. The number of hydrogen-bond acceptors (Lipinski definition) is 5. The van der Waals surface area contributed by atoms with Crippen molar-refractivity contribution in [1.29, 1.82) is 0 Å². The minimum atomic E-state index is -4.57. The molecule has 0 spiro atoms. The predicted molar refractivity (Wildman–Crippen MR) is 125 cm³/mol. The Morgan fingerprint density at radius 2 is 1.73 bits per heavy atom. The highest BCUT2D eigenvalue weighted by molar-refractivity contribution is 7.92. The lowest BCUT2D eigenvalue weighted by atomic mass is 10.1. The molecule has 1 aromatic heterocycles. The predicted octanol–water partition coefficient (Wildman–Crippen LogP) is 5.76. The number of benzene rings is 2. The zero-order chi connectivity index (χ0) is 23.6. The maximum Gasteiger partial charge on any atom is 0.416 e. The number of aromatic nitrogens is 1. The second-order valence-electron chi connectivity index (χ2n) is 8.23. The molecule has 9 heteroatoms. The van der Waals surface area contributed by atoms with Crippen LogP contribution in [0.2, 0.25) is 0 Å². The number of thiazole rings is 1. The van der Waals surface area contributed by atoms with E-state index >= 15 is 0 Å². The smallest absolute Gasteiger partial charge is 0.348 e. The van der Waals surface area contributed by atoms with E-state index in [1.54, 1.807) is 0 Å². The zero-order valence-electron chi connectivity index (χ0n) is 18.2. The largest absolute Gasteiger partial charge is 0.416 e. The van der Waals surface area contributed by atoms with Crippen molar-refractivity contribution >= 4 is 26.3 Å². The highest BCUT2D eigenvalue weighted by Gasteiger charge is 2.35. The van der Waals surface area contributed by atoms with E-state index in [1.165, 1.54) is 28.5 Å². The molecule has 33 heavy (non-hydrogen) atoms. The summed E-state index contributed by atoms with van der Waals surface area (Å²) in [5.74, 6) is 0. The molecule has 1 aliphatic heterocycles. The van der Waals surface area contributed by atoms with Gasteiger partial charge in [0.1, 0.15) is 0 Å². The summed E-state index contributed by atoms with van der Waals surface area (Å²) >= 11 is 1.53. The number of halogens is 3. The summed E-state index contributed by atoms with van der Waals surface area (Å²) in [6, 6.07) is 12.5. The van der Waals surface area contributed by atoms with Crippen molar-refractivity contribution in [2.75, 3.05) is 18.0 Å². The van der Waals surface area contributed by atoms with Crippen molar-refractivity contribution in [3.8, 4) is 0 Å². The fourth-order valence-electron chi connectivity index (χ4n) is 4.02. The topological polar surface area (TPSA) is 50.3 Å². The van der Waals surface area contributed by atoms with E-state index in [1.807, 2.05) is 5.38 Å². The highest BCUT2D eigenvalue weighted by Crippen LogP contribution is 2.33. The molecule has 0 unspecified atom stereocenters. The fraction of sp³-hybridized carbons (Fsp3) is 0.375. The van der Waals surface area contributed by atoms with E-state index in [4.69, 9.17) is 4.98 Å². The Kier molecular flexibility index (Phi) is 6.81. The average Bonchev–Trinajstić information content (AvgIpc) is 3.28. The van der Waals surface area contributed by atoms with Crippen LogP contribution in [0, 0.1) is 0 Å². The van der Waals surface area contributed by atoms with Crippen molar-refractivity contribution in [2.45, 2.75) is 48.9 Å². The van der Waals surface area contributed by atoms with Gasteiger partial charge in [-0.2, -0.15) is 13.2 Å². The molecule has 0 aliphatic carbocycles. The van der Waals surface area contributed by atoms with Gasteiger partial charge < -0.3 is 4.90 Å². The molecule has 0 atom stereocenters. The maximum atomic E-state index is 13.0. The van der Waals surface area contributed by atoms with Crippen LogP contribution >= 0.6 is 11.3 Å².